The van der Waals surface area contributed by atoms with Gasteiger partial charge in [0.2, 0.25) is 0 Å². The van der Waals surface area contributed by atoms with Gasteiger partial charge in [-0.05, 0) is 62.2 Å². The first-order chi connectivity index (χ1) is 8.58. The van der Waals surface area contributed by atoms with Gasteiger partial charge in [-0.25, -0.2) is 0 Å². The van der Waals surface area contributed by atoms with Gasteiger partial charge in [0.25, 0.3) is 0 Å². The van der Waals surface area contributed by atoms with Gasteiger partial charge < -0.3 is 4.74 Å². The highest BCUT2D eigenvalue weighted by atomic mass is 16.6. The Hall–Kier alpha value is -0.530. The standard InChI is InChI=1S/C16H24O2/c1-10-11(2)13-7-12(10)8-15(13)9-14(17)18-16(15)5-3-4-6-16/h10-13H,3-9H2,1-2H3. The van der Waals surface area contributed by atoms with Crippen LogP contribution < -0.4 is 0 Å². The van der Waals surface area contributed by atoms with Gasteiger partial charge in [0.1, 0.15) is 5.60 Å². The molecule has 1 heterocycles. The summed E-state index contributed by atoms with van der Waals surface area (Å²) in [7, 11) is 0. The van der Waals surface area contributed by atoms with Crippen molar-refractivity contribution in [2.75, 3.05) is 0 Å². The van der Waals surface area contributed by atoms with Crippen molar-refractivity contribution in [2.45, 2.75) is 64.4 Å². The first-order valence-corrected chi connectivity index (χ1v) is 7.80. The lowest BCUT2D eigenvalue weighted by Gasteiger charge is -2.48. The summed E-state index contributed by atoms with van der Waals surface area (Å²) >= 11 is 0. The predicted molar refractivity (Wildman–Crippen MR) is 68.9 cm³/mol. The van der Waals surface area contributed by atoms with E-state index in [-0.39, 0.29) is 17.0 Å². The molecule has 5 atom stereocenters. The van der Waals surface area contributed by atoms with Crippen LogP contribution in [0.25, 0.3) is 0 Å². The first-order valence-electron chi connectivity index (χ1n) is 7.80. The van der Waals surface area contributed by atoms with E-state index in [0.29, 0.717) is 0 Å². The fourth-order valence-electron chi connectivity index (χ4n) is 6.22. The maximum atomic E-state index is 12.0. The van der Waals surface area contributed by atoms with Gasteiger partial charge in [-0.3, -0.25) is 4.79 Å². The minimum absolute atomic E-state index is 0.0437. The average Bonchev–Trinajstić information content (AvgIpc) is 3.02. The van der Waals surface area contributed by atoms with E-state index in [4.69, 9.17) is 4.74 Å². The number of carbonyl (C=O) groups excluding carboxylic acids is 1. The number of ether oxygens (including phenoxy) is 1. The summed E-state index contributed by atoms with van der Waals surface area (Å²) < 4.78 is 5.94. The second-order valence-corrected chi connectivity index (χ2v) is 7.53. The minimum atomic E-state index is -0.0437. The highest BCUT2D eigenvalue weighted by Crippen LogP contribution is 2.71. The summed E-state index contributed by atoms with van der Waals surface area (Å²) in [5.74, 6) is 3.36. The van der Waals surface area contributed by atoms with Crippen molar-refractivity contribution < 1.29 is 9.53 Å². The van der Waals surface area contributed by atoms with Crippen LogP contribution in [0.4, 0.5) is 0 Å². The topological polar surface area (TPSA) is 26.3 Å². The third-order valence-corrected chi connectivity index (χ3v) is 7.19. The smallest absolute Gasteiger partial charge is 0.307 e. The predicted octanol–water partition coefficient (Wildman–Crippen LogP) is 3.54. The van der Waals surface area contributed by atoms with E-state index in [9.17, 15) is 4.79 Å². The average molecular weight is 248 g/mol. The molecule has 3 aliphatic carbocycles. The van der Waals surface area contributed by atoms with Crippen molar-refractivity contribution >= 4 is 5.97 Å². The highest BCUT2D eigenvalue weighted by Gasteiger charge is 2.70. The summed E-state index contributed by atoms with van der Waals surface area (Å²) in [5.41, 5.74) is 0.190. The molecule has 2 heteroatoms. The molecule has 18 heavy (non-hydrogen) atoms. The molecule has 0 N–H and O–H groups in total. The molecule has 4 rings (SSSR count). The number of rotatable bonds is 0. The normalized spacial score (nSPS) is 52.7. The van der Waals surface area contributed by atoms with Crippen LogP contribution >= 0.6 is 0 Å². The molecule has 1 saturated heterocycles. The zero-order valence-electron chi connectivity index (χ0n) is 11.6. The van der Waals surface area contributed by atoms with Crippen LogP contribution in [0.2, 0.25) is 0 Å². The molecule has 4 fully saturated rings. The Balaban J connectivity index is 1.77. The SMILES string of the molecule is CC1C2CC(C1C)C1(CC(=O)OC13CCCC3)C2. The maximum Gasteiger partial charge on any atom is 0.307 e. The summed E-state index contributed by atoms with van der Waals surface area (Å²) in [6, 6.07) is 0. The van der Waals surface area contributed by atoms with Gasteiger partial charge in [0.15, 0.2) is 0 Å². The Labute approximate surface area is 109 Å². The Morgan fingerprint density at radius 2 is 1.89 bits per heavy atom. The van der Waals surface area contributed by atoms with Crippen LogP contribution in [0, 0.1) is 29.1 Å². The van der Waals surface area contributed by atoms with E-state index in [1.807, 2.05) is 0 Å². The van der Waals surface area contributed by atoms with E-state index in [1.54, 1.807) is 0 Å². The number of fused-ring (bicyclic) bond motifs is 4. The molecule has 4 aliphatic rings. The van der Waals surface area contributed by atoms with Gasteiger partial charge in [-0.2, -0.15) is 0 Å². The number of carbonyl (C=O) groups is 1. The van der Waals surface area contributed by atoms with Crippen LogP contribution in [0.15, 0.2) is 0 Å². The summed E-state index contributed by atoms with van der Waals surface area (Å²) in [4.78, 5) is 12.0. The zero-order valence-corrected chi connectivity index (χ0v) is 11.6. The molecular weight excluding hydrogens is 224 g/mol. The van der Waals surface area contributed by atoms with Crippen molar-refractivity contribution in [3.05, 3.63) is 0 Å². The maximum absolute atomic E-state index is 12.0. The molecule has 0 amide bonds. The molecule has 5 unspecified atom stereocenters. The number of hydrogen-bond donors (Lipinski definition) is 0. The molecule has 2 spiro atoms. The second-order valence-electron chi connectivity index (χ2n) is 7.53. The molecule has 0 aromatic rings. The molecule has 0 aromatic heterocycles. The molecule has 3 saturated carbocycles. The van der Waals surface area contributed by atoms with Crippen molar-refractivity contribution in [3.63, 3.8) is 0 Å². The van der Waals surface area contributed by atoms with Crippen molar-refractivity contribution in [1.29, 1.82) is 0 Å². The summed E-state index contributed by atoms with van der Waals surface area (Å²) in [5, 5.41) is 0. The van der Waals surface area contributed by atoms with E-state index >= 15 is 0 Å². The fraction of sp³-hybridized carbons (Fsp3) is 0.938. The van der Waals surface area contributed by atoms with Crippen molar-refractivity contribution in [2.24, 2.45) is 29.1 Å². The molecule has 2 bridgehead atoms. The third-order valence-electron chi connectivity index (χ3n) is 7.19. The molecule has 0 radical (unpaired) electrons. The number of esters is 1. The minimum Gasteiger partial charge on any atom is -0.458 e. The highest BCUT2D eigenvalue weighted by molar-refractivity contribution is 5.74. The largest absolute Gasteiger partial charge is 0.458 e. The quantitative estimate of drug-likeness (QED) is 0.613. The third kappa shape index (κ3) is 1.09. The fourth-order valence-corrected chi connectivity index (χ4v) is 6.22. The zero-order chi connectivity index (χ0) is 12.5. The molecule has 2 nitrogen and oxygen atoms in total. The van der Waals surface area contributed by atoms with Crippen LogP contribution in [0.5, 0.6) is 0 Å². The van der Waals surface area contributed by atoms with Gasteiger partial charge in [-0.15, -0.1) is 0 Å². The Morgan fingerprint density at radius 3 is 2.50 bits per heavy atom. The Bertz CT molecular complexity index is 394. The number of hydrogen-bond acceptors (Lipinski definition) is 2. The van der Waals surface area contributed by atoms with Crippen molar-refractivity contribution in [3.8, 4) is 0 Å². The second kappa shape index (κ2) is 3.32. The van der Waals surface area contributed by atoms with Gasteiger partial charge in [0.05, 0.1) is 6.42 Å². The molecular formula is C16H24O2. The van der Waals surface area contributed by atoms with Gasteiger partial charge in [-0.1, -0.05) is 13.8 Å². The molecule has 100 valence electrons. The van der Waals surface area contributed by atoms with E-state index < -0.39 is 0 Å². The van der Waals surface area contributed by atoms with Gasteiger partial charge in [0, 0.05) is 5.41 Å². The van der Waals surface area contributed by atoms with Gasteiger partial charge >= 0.3 is 5.97 Å². The van der Waals surface area contributed by atoms with Crippen LogP contribution in [-0.2, 0) is 9.53 Å². The molecule has 1 aliphatic heterocycles. The van der Waals surface area contributed by atoms with Crippen LogP contribution in [0.3, 0.4) is 0 Å². The van der Waals surface area contributed by atoms with E-state index in [0.717, 1.165) is 42.9 Å². The van der Waals surface area contributed by atoms with Crippen LogP contribution in [0.1, 0.15) is 58.8 Å². The Kier molecular flexibility index (Phi) is 2.08. The van der Waals surface area contributed by atoms with E-state index in [1.165, 1.54) is 25.7 Å². The summed E-state index contributed by atoms with van der Waals surface area (Å²) in [6.45, 7) is 4.84. The van der Waals surface area contributed by atoms with Crippen molar-refractivity contribution in [1.82, 2.24) is 0 Å². The lowest BCUT2D eigenvalue weighted by Crippen LogP contribution is -2.49. The first kappa shape index (κ1) is 11.3. The Morgan fingerprint density at radius 1 is 1.17 bits per heavy atom. The molecule has 0 aromatic carbocycles. The lowest BCUT2D eigenvalue weighted by molar-refractivity contribution is -0.154. The van der Waals surface area contributed by atoms with Crippen LogP contribution in [-0.4, -0.2) is 11.6 Å². The van der Waals surface area contributed by atoms with E-state index in [2.05, 4.69) is 13.8 Å². The lowest BCUT2D eigenvalue weighted by atomic mass is 9.57. The summed E-state index contributed by atoms with van der Waals surface area (Å²) in [6.07, 6.45) is 8.17. The monoisotopic (exact) mass is 248 g/mol.